The van der Waals surface area contributed by atoms with Gasteiger partial charge in [-0.25, -0.2) is 0 Å². The summed E-state index contributed by atoms with van der Waals surface area (Å²) in [5, 5.41) is 18.6. The second-order valence-corrected chi connectivity index (χ2v) is 13.2. The van der Waals surface area contributed by atoms with Gasteiger partial charge in [-0.05, 0) is 81.2 Å². The number of carboxylic acids is 1. The van der Waals surface area contributed by atoms with Gasteiger partial charge >= 0.3 is 5.97 Å². The van der Waals surface area contributed by atoms with Gasteiger partial charge in [-0.1, -0.05) is 49.4 Å². The number of aryl methyl sites for hydroxylation is 3. The van der Waals surface area contributed by atoms with Crippen LogP contribution in [-0.4, -0.2) is 52.1 Å². The van der Waals surface area contributed by atoms with Crippen molar-refractivity contribution in [2.24, 2.45) is 5.41 Å². The third kappa shape index (κ3) is 6.35. The zero-order chi connectivity index (χ0) is 29.1. The number of hydrogen-bond donors (Lipinski definition) is 3. The lowest BCUT2D eigenvalue weighted by molar-refractivity contribution is -0.148. The Balaban J connectivity index is 1.65. The van der Waals surface area contributed by atoms with Crippen LogP contribution in [0.15, 0.2) is 53.6 Å². The first kappa shape index (κ1) is 30.0. The third-order valence-corrected chi connectivity index (χ3v) is 9.86. The molecule has 10 heteroatoms. The maximum Gasteiger partial charge on any atom is 0.309 e. The van der Waals surface area contributed by atoms with Crippen LogP contribution in [0.4, 0.5) is 0 Å². The van der Waals surface area contributed by atoms with Crippen molar-refractivity contribution in [3.05, 3.63) is 71.0 Å². The molecule has 40 heavy (non-hydrogen) atoms. The fourth-order valence-electron chi connectivity index (χ4n) is 5.27. The Bertz CT molecular complexity index is 1320. The Morgan fingerprint density at radius 1 is 1.20 bits per heavy atom. The van der Waals surface area contributed by atoms with E-state index in [1.165, 1.54) is 0 Å². The van der Waals surface area contributed by atoms with Crippen molar-refractivity contribution >= 4 is 16.7 Å². The van der Waals surface area contributed by atoms with Gasteiger partial charge in [0.15, 0.2) is 0 Å². The minimum absolute atomic E-state index is 0.196. The molecule has 9 nitrogen and oxygen atoms in total. The SMILES string of the molecule is CCCn1cc(CCC(c2ccc(C)c(CN3CC(CC)Oc4ccccc4S3(O)O)c2)C(C)(C)C(=O)O)nn1. The summed E-state index contributed by atoms with van der Waals surface area (Å²) < 4.78 is 32.6. The van der Waals surface area contributed by atoms with E-state index in [0.717, 1.165) is 41.8 Å². The molecule has 1 aliphatic rings. The predicted octanol–water partition coefficient (Wildman–Crippen LogP) is 6.52. The molecule has 3 N–H and O–H groups in total. The molecular formula is C30H42N4O5S. The number of rotatable bonds is 11. The van der Waals surface area contributed by atoms with Crippen molar-refractivity contribution in [2.75, 3.05) is 6.54 Å². The lowest BCUT2D eigenvalue weighted by Crippen LogP contribution is -2.35. The first-order valence-corrected chi connectivity index (χ1v) is 15.5. The van der Waals surface area contributed by atoms with Crippen LogP contribution < -0.4 is 4.74 Å². The van der Waals surface area contributed by atoms with E-state index in [4.69, 9.17) is 4.74 Å². The highest BCUT2D eigenvalue weighted by molar-refractivity contribution is 8.22. The Kier molecular flexibility index (Phi) is 9.24. The minimum atomic E-state index is -3.30. The molecule has 2 aromatic carbocycles. The molecule has 0 aliphatic carbocycles. The van der Waals surface area contributed by atoms with E-state index < -0.39 is 22.2 Å². The van der Waals surface area contributed by atoms with E-state index >= 15 is 0 Å². The second-order valence-electron chi connectivity index (χ2n) is 11.2. The Morgan fingerprint density at radius 3 is 2.65 bits per heavy atom. The molecule has 0 saturated heterocycles. The van der Waals surface area contributed by atoms with E-state index in [1.807, 2.05) is 49.0 Å². The highest BCUT2D eigenvalue weighted by Gasteiger charge is 2.39. The number of hydrogen-bond acceptors (Lipinski definition) is 7. The number of aromatic nitrogens is 3. The van der Waals surface area contributed by atoms with Gasteiger partial charge in [0.2, 0.25) is 0 Å². The fraction of sp³-hybridized carbons (Fsp3) is 0.500. The van der Waals surface area contributed by atoms with Gasteiger partial charge in [0.1, 0.15) is 16.7 Å². The summed E-state index contributed by atoms with van der Waals surface area (Å²) in [6, 6.07) is 13.1. The molecular weight excluding hydrogens is 528 g/mol. The van der Waals surface area contributed by atoms with Crippen LogP contribution in [0.5, 0.6) is 5.75 Å². The molecule has 218 valence electrons. The van der Waals surface area contributed by atoms with E-state index in [9.17, 15) is 19.0 Å². The first-order chi connectivity index (χ1) is 19.0. The van der Waals surface area contributed by atoms with Crippen molar-refractivity contribution < 1.29 is 23.7 Å². The Hall–Kier alpha value is -2.92. The van der Waals surface area contributed by atoms with E-state index in [1.54, 1.807) is 36.4 Å². The van der Waals surface area contributed by atoms with Gasteiger partial charge in [0, 0.05) is 19.3 Å². The van der Waals surface area contributed by atoms with E-state index in [2.05, 4.69) is 17.2 Å². The number of para-hydroxylation sites is 1. The summed E-state index contributed by atoms with van der Waals surface area (Å²) in [6.45, 7) is 11.1. The van der Waals surface area contributed by atoms with Crippen LogP contribution in [0, 0.1) is 12.3 Å². The molecule has 4 rings (SSSR count). The number of carbonyl (C=O) groups is 1. The van der Waals surface area contributed by atoms with Gasteiger partial charge in [-0.3, -0.25) is 18.6 Å². The third-order valence-electron chi connectivity index (χ3n) is 7.93. The number of aliphatic carboxylic acids is 1. The molecule has 0 amide bonds. The molecule has 2 heterocycles. The molecule has 2 atom stereocenters. The van der Waals surface area contributed by atoms with Crippen LogP contribution in [0.2, 0.25) is 0 Å². The summed E-state index contributed by atoms with van der Waals surface area (Å²) in [5.74, 6) is -0.658. The predicted molar refractivity (Wildman–Crippen MR) is 157 cm³/mol. The van der Waals surface area contributed by atoms with Gasteiger partial charge < -0.3 is 9.84 Å². The van der Waals surface area contributed by atoms with Crippen LogP contribution in [0.25, 0.3) is 0 Å². The maximum absolute atomic E-state index is 12.4. The van der Waals surface area contributed by atoms with Crippen molar-refractivity contribution in [1.29, 1.82) is 0 Å². The van der Waals surface area contributed by atoms with Gasteiger partial charge in [0.05, 0.1) is 17.7 Å². The molecule has 0 bridgehead atoms. The molecule has 1 aromatic heterocycles. The van der Waals surface area contributed by atoms with Gasteiger partial charge in [0.25, 0.3) is 0 Å². The van der Waals surface area contributed by atoms with Gasteiger partial charge in [-0.2, -0.15) is 4.31 Å². The Labute approximate surface area is 238 Å². The van der Waals surface area contributed by atoms with E-state index in [-0.39, 0.29) is 12.0 Å². The van der Waals surface area contributed by atoms with E-state index in [0.29, 0.717) is 36.6 Å². The summed E-state index contributed by atoms with van der Waals surface area (Å²) in [5.41, 5.74) is 2.64. The molecule has 0 saturated carbocycles. The number of carboxylic acid groups (broad SMARTS) is 1. The molecule has 0 fully saturated rings. The quantitative estimate of drug-likeness (QED) is 0.238. The van der Waals surface area contributed by atoms with Crippen molar-refractivity contribution in [1.82, 2.24) is 19.3 Å². The number of benzene rings is 2. The average molecular weight is 571 g/mol. The highest BCUT2D eigenvalue weighted by Crippen LogP contribution is 2.57. The maximum atomic E-state index is 12.4. The Morgan fingerprint density at radius 2 is 1.95 bits per heavy atom. The van der Waals surface area contributed by atoms with Gasteiger partial charge in [-0.15, -0.1) is 15.9 Å². The monoisotopic (exact) mass is 570 g/mol. The number of ether oxygens (including phenoxy) is 1. The lowest BCUT2D eigenvalue weighted by Gasteiger charge is -2.42. The highest BCUT2D eigenvalue weighted by atomic mass is 32.3. The average Bonchev–Trinajstić information content (AvgIpc) is 3.32. The number of fused-ring (bicyclic) bond motifs is 1. The zero-order valence-electron chi connectivity index (χ0n) is 24.1. The lowest BCUT2D eigenvalue weighted by atomic mass is 9.72. The molecule has 0 radical (unpaired) electrons. The number of nitrogens with zero attached hydrogens (tertiary/aromatic N) is 4. The minimum Gasteiger partial charge on any atom is -0.487 e. The molecule has 1 aliphatic heterocycles. The van der Waals surface area contributed by atoms with Crippen LogP contribution in [-0.2, 0) is 24.3 Å². The topological polar surface area (TPSA) is 121 Å². The van der Waals surface area contributed by atoms with Crippen LogP contribution >= 0.6 is 10.8 Å². The molecule has 0 spiro atoms. The fourth-order valence-corrected chi connectivity index (χ4v) is 6.89. The van der Waals surface area contributed by atoms with Crippen LogP contribution in [0.3, 0.4) is 0 Å². The normalized spacial score (nSPS) is 18.8. The second kappa shape index (κ2) is 12.3. The standard InChI is InChI=1S/C30H42N4O5S/c1-6-16-33-19-24(31-32-33)14-15-26(30(4,5)29(35)36)22-13-12-21(3)23(17-22)18-34-20-25(7-2)39-27-10-8-9-11-28(27)40(34,37)38/h8-13,17,19,25-26,37-38H,6-7,14-16,18,20H2,1-5H3,(H,35,36). The smallest absolute Gasteiger partial charge is 0.309 e. The molecule has 2 unspecified atom stereocenters. The molecule has 3 aromatic rings. The van der Waals surface area contributed by atoms with Crippen molar-refractivity contribution in [3.63, 3.8) is 0 Å². The van der Waals surface area contributed by atoms with Crippen LogP contribution in [0.1, 0.15) is 75.3 Å². The van der Waals surface area contributed by atoms with Crippen molar-refractivity contribution in [2.45, 2.75) is 90.3 Å². The summed E-state index contributed by atoms with van der Waals surface area (Å²) >= 11 is 0. The van der Waals surface area contributed by atoms with Crippen molar-refractivity contribution in [3.8, 4) is 5.75 Å². The first-order valence-electron chi connectivity index (χ1n) is 14.0. The zero-order valence-corrected chi connectivity index (χ0v) is 24.9. The summed E-state index contributed by atoms with van der Waals surface area (Å²) in [4.78, 5) is 12.8. The summed E-state index contributed by atoms with van der Waals surface area (Å²) in [6.07, 6.45) is 4.61. The largest absolute Gasteiger partial charge is 0.487 e. The summed E-state index contributed by atoms with van der Waals surface area (Å²) in [7, 11) is -3.30.